The highest BCUT2D eigenvalue weighted by atomic mass is 32.2. The van der Waals surface area contributed by atoms with Gasteiger partial charge in [0.25, 0.3) is 0 Å². The molecule has 0 aromatic carbocycles. The Labute approximate surface area is 123 Å². The van der Waals surface area contributed by atoms with Gasteiger partial charge in [0.2, 0.25) is 0 Å². The third-order valence-electron chi connectivity index (χ3n) is 3.57. The van der Waals surface area contributed by atoms with Crippen LogP contribution in [-0.2, 0) is 4.79 Å². The number of hydrogen-bond donors (Lipinski definition) is 3. The summed E-state index contributed by atoms with van der Waals surface area (Å²) in [6, 6.07) is -1.12. The lowest BCUT2D eigenvalue weighted by molar-refractivity contribution is -0.139. The first-order valence-corrected chi connectivity index (χ1v) is 8.39. The van der Waals surface area contributed by atoms with Gasteiger partial charge in [-0.05, 0) is 31.3 Å². The molecule has 0 aliphatic heterocycles. The van der Waals surface area contributed by atoms with Crippen LogP contribution in [0.1, 0.15) is 32.1 Å². The number of carboxylic acids is 1. The first-order chi connectivity index (χ1) is 9.60. The Morgan fingerprint density at radius 3 is 2.55 bits per heavy atom. The number of rotatable bonds is 8. The SMILES string of the molecule is CSCC[C@@H](NC(=O)N(CCO)C1CCCC1)C(=O)O. The average molecular weight is 304 g/mol. The fraction of sp³-hybridized carbons (Fsp3) is 0.846. The number of nitrogens with one attached hydrogen (secondary N) is 1. The monoisotopic (exact) mass is 304 g/mol. The van der Waals surface area contributed by atoms with Crippen LogP contribution in [0.3, 0.4) is 0 Å². The second-order valence-corrected chi connectivity index (χ2v) is 5.96. The van der Waals surface area contributed by atoms with Gasteiger partial charge in [0.1, 0.15) is 6.04 Å². The fourth-order valence-corrected chi connectivity index (χ4v) is 2.97. The summed E-state index contributed by atoms with van der Waals surface area (Å²) in [5.41, 5.74) is 0. The molecule has 3 N–H and O–H groups in total. The number of carboxylic acid groups (broad SMARTS) is 1. The maximum absolute atomic E-state index is 12.2. The number of urea groups is 1. The summed E-state index contributed by atoms with van der Waals surface area (Å²) in [6.07, 6.45) is 6.31. The standard InChI is InChI=1S/C13H24N2O4S/c1-20-9-6-11(12(17)18)14-13(19)15(7-8-16)10-4-2-3-5-10/h10-11,16H,2-9H2,1H3,(H,14,19)(H,17,18)/t11-/m1/s1. The average Bonchev–Trinajstić information content (AvgIpc) is 2.93. The predicted octanol–water partition coefficient (Wildman–Crippen LogP) is 1.14. The molecule has 1 rings (SSSR count). The van der Waals surface area contributed by atoms with E-state index in [1.54, 1.807) is 16.7 Å². The van der Waals surface area contributed by atoms with Crippen molar-refractivity contribution in [2.45, 2.75) is 44.2 Å². The highest BCUT2D eigenvalue weighted by molar-refractivity contribution is 7.98. The second-order valence-electron chi connectivity index (χ2n) is 4.98. The summed E-state index contributed by atoms with van der Waals surface area (Å²) in [7, 11) is 0. The Kier molecular flexibility index (Phi) is 7.76. The molecule has 0 heterocycles. The van der Waals surface area contributed by atoms with E-state index in [4.69, 9.17) is 10.2 Å². The summed E-state index contributed by atoms with van der Waals surface area (Å²) in [4.78, 5) is 25.0. The van der Waals surface area contributed by atoms with E-state index in [0.717, 1.165) is 25.7 Å². The van der Waals surface area contributed by atoms with Gasteiger partial charge >= 0.3 is 12.0 Å². The van der Waals surface area contributed by atoms with Crippen LogP contribution in [0.15, 0.2) is 0 Å². The number of carbonyl (C=O) groups is 2. The molecule has 0 unspecified atom stereocenters. The van der Waals surface area contributed by atoms with Crippen molar-refractivity contribution in [3.8, 4) is 0 Å². The molecule has 1 fully saturated rings. The number of hydrogen-bond acceptors (Lipinski definition) is 4. The van der Waals surface area contributed by atoms with E-state index in [0.29, 0.717) is 12.2 Å². The predicted molar refractivity (Wildman–Crippen MR) is 79.0 cm³/mol. The highest BCUT2D eigenvalue weighted by Crippen LogP contribution is 2.23. The van der Waals surface area contributed by atoms with Crippen LogP contribution in [0, 0.1) is 0 Å². The number of carbonyl (C=O) groups excluding carboxylic acids is 1. The molecule has 116 valence electrons. The third kappa shape index (κ3) is 5.20. The number of aliphatic hydroxyl groups excluding tert-OH is 1. The summed E-state index contributed by atoms with van der Waals surface area (Å²) in [5, 5.41) is 20.8. The quantitative estimate of drug-likeness (QED) is 0.625. The van der Waals surface area contributed by atoms with Gasteiger partial charge in [-0.2, -0.15) is 11.8 Å². The van der Waals surface area contributed by atoms with Crippen molar-refractivity contribution in [2.75, 3.05) is 25.2 Å². The van der Waals surface area contributed by atoms with E-state index in [1.807, 2.05) is 6.26 Å². The highest BCUT2D eigenvalue weighted by Gasteiger charge is 2.29. The van der Waals surface area contributed by atoms with Crippen LogP contribution in [0.5, 0.6) is 0 Å². The lowest BCUT2D eigenvalue weighted by atomic mass is 10.2. The van der Waals surface area contributed by atoms with Crippen molar-refractivity contribution in [2.24, 2.45) is 0 Å². The summed E-state index contributed by atoms with van der Waals surface area (Å²) in [5.74, 6) is -0.330. The normalized spacial score (nSPS) is 16.9. The summed E-state index contributed by atoms with van der Waals surface area (Å²) in [6.45, 7) is 0.151. The van der Waals surface area contributed by atoms with Gasteiger partial charge < -0.3 is 20.4 Å². The number of amides is 2. The van der Waals surface area contributed by atoms with Crippen molar-refractivity contribution in [3.63, 3.8) is 0 Å². The Morgan fingerprint density at radius 2 is 2.05 bits per heavy atom. The molecule has 0 aromatic heterocycles. The minimum atomic E-state index is -1.01. The topological polar surface area (TPSA) is 89.9 Å². The summed E-state index contributed by atoms with van der Waals surface area (Å²) < 4.78 is 0. The molecule has 7 heteroatoms. The number of thioether (sulfide) groups is 1. The van der Waals surface area contributed by atoms with Crippen LogP contribution in [0.25, 0.3) is 0 Å². The molecular weight excluding hydrogens is 280 g/mol. The van der Waals surface area contributed by atoms with Gasteiger partial charge in [-0.1, -0.05) is 12.8 Å². The number of aliphatic carboxylic acids is 1. The van der Waals surface area contributed by atoms with Gasteiger partial charge in [0, 0.05) is 12.6 Å². The zero-order valence-electron chi connectivity index (χ0n) is 11.9. The van der Waals surface area contributed by atoms with Crippen LogP contribution >= 0.6 is 11.8 Å². The minimum absolute atomic E-state index is 0.105. The van der Waals surface area contributed by atoms with Crippen LogP contribution in [0.2, 0.25) is 0 Å². The van der Waals surface area contributed by atoms with Gasteiger partial charge in [-0.15, -0.1) is 0 Å². The van der Waals surface area contributed by atoms with Gasteiger partial charge in [0.15, 0.2) is 0 Å². The zero-order valence-corrected chi connectivity index (χ0v) is 12.7. The van der Waals surface area contributed by atoms with Crippen LogP contribution in [-0.4, -0.2) is 64.4 Å². The van der Waals surface area contributed by atoms with E-state index < -0.39 is 12.0 Å². The maximum atomic E-state index is 12.2. The van der Waals surface area contributed by atoms with E-state index in [1.165, 1.54) is 0 Å². The Bertz CT molecular complexity index is 321. The molecule has 1 atom stereocenters. The van der Waals surface area contributed by atoms with Crippen molar-refractivity contribution >= 4 is 23.8 Å². The number of aliphatic hydroxyl groups is 1. The lowest BCUT2D eigenvalue weighted by Crippen LogP contribution is -2.51. The van der Waals surface area contributed by atoms with Crippen molar-refractivity contribution in [1.82, 2.24) is 10.2 Å². The van der Waals surface area contributed by atoms with Crippen molar-refractivity contribution in [1.29, 1.82) is 0 Å². The van der Waals surface area contributed by atoms with Gasteiger partial charge in [-0.3, -0.25) is 0 Å². The minimum Gasteiger partial charge on any atom is -0.480 e. The van der Waals surface area contributed by atoms with Crippen molar-refractivity contribution in [3.05, 3.63) is 0 Å². The molecule has 1 aliphatic carbocycles. The van der Waals surface area contributed by atoms with E-state index >= 15 is 0 Å². The molecule has 2 amide bonds. The molecule has 0 saturated heterocycles. The Morgan fingerprint density at radius 1 is 1.40 bits per heavy atom. The Hall–Kier alpha value is -0.950. The molecule has 0 aromatic rings. The molecule has 0 bridgehead atoms. The second kappa shape index (κ2) is 9.07. The molecular formula is C13H24N2O4S. The maximum Gasteiger partial charge on any atom is 0.326 e. The van der Waals surface area contributed by atoms with E-state index in [9.17, 15) is 9.59 Å². The molecule has 0 spiro atoms. The fourth-order valence-electron chi connectivity index (χ4n) is 2.50. The third-order valence-corrected chi connectivity index (χ3v) is 4.22. The van der Waals surface area contributed by atoms with Crippen LogP contribution in [0.4, 0.5) is 4.79 Å². The lowest BCUT2D eigenvalue weighted by Gasteiger charge is -2.29. The first kappa shape index (κ1) is 17.1. The molecule has 1 saturated carbocycles. The smallest absolute Gasteiger partial charge is 0.326 e. The van der Waals surface area contributed by atoms with E-state index in [-0.39, 0.29) is 25.2 Å². The molecule has 6 nitrogen and oxygen atoms in total. The molecule has 1 aliphatic rings. The largest absolute Gasteiger partial charge is 0.480 e. The zero-order chi connectivity index (χ0) is 15.0. The summed E-state index contributed by atoms with van der Waals surface area (Å²) >= 11 is 1.55. The first-order valence-electron chi connectivity index (χ1n) is 7.00. The molecule has 0 radical (unpaired) electrons. The van der Waals surface area contributed by atoms with Gasteiger partial charge in [-0.25, -0.2) is 9.59 Å². The van der Waals surface area contributed by atoms with Crippen molar-refractivity contribution < 1.29 is 19.8 Å². The van der Waals surface area contributed by atoms with Crippen LogP contribution < -0.4 is 5.32 Å². The Balaban J connectivity index is 2.60. The van der Waals surface area contributed by atoms with Gasteiger partial charge in [0.05, 0.1) is 6.61 Å². The molecule has 20 heavy (non-hydrogen) atoms. The number of nitrogens with zero attached hydrogens (tertiary/aromatic N) is 1. The van der Waals surface area contributed by atoms with E-state index in [2.05, 4.69) is 5.32 Å².